The molecule has 6 heteroatoms. The van der Waals surface area contributed by atoms with Gasteiger partial charge in [0, 0.05) is 12.6 Å². The summed E-state index contributed by atoms with van der Waals surface area (Å²) in [6.45, 7) is -0.00874. The number of hydrogen-bond donors (Lipinski definition) is 2. The molecular weight excluding hydrogens is 283 g/mol. The summed E-state index contributed by atoms with van der Waals surface area (Å²) in [5.41, 5.74) is 0.0947. The largest absolute Gasteiger partial charge is 0.491 e. The highest BCUT2D eigenvalue weighted by atomic mass is 19.1. The predicted molar refractivity (Wildman–Crippen MR) is 72.7 cm³/mol. The third-order valence-corrected chi connectivity index (χ3v) is 2.72. The highest BCUT2D eigenvalue weighted by Gasteiger charge is 2.08. The molecule has 0 aliphatic carbocycles. The maximum absolute atomic E-state index is 13.3. The van der Waals surface area contributed by atoms with Gasteiger partial charge in [-0.2, -0.15) is 0 Å². The van der Waals surface area contributed by atoms with E-state index in [1.807, 2.05) is 0 Å². The Balaban J connectivity index is 1.79. The van der Waals surface area contributed by atoms with Crippen molar-refractivity contribution in [1.82, 2.24) is 0 Å². The molecule has 0 heterocycles. The minimum atomic E-state index is -0.903. The zero-order valence-electron chi connectivity index (χ0n) is 11.0. The van der Waals surface area contributed by atoms with Gasteiger partial charge in [-0.05, 0) is 36.4 Å². The van der Waals surface area contributed by atoms with Crippen molar-refractivity contribution in [2.75, 3.05) is 18.5 Å². The Morgan fingerprint density at radius 1 is 1.00 bits per heavy atom. The van der Waals surface area contributed by atoms with E-state index in [2.05, 4.69) is 5.32 Å². The Bertz CT molecular complexity index is 590. The van der Waals surface area contributed by atoms with Crippen LogP contribution in [-0.2, 0) is 0 Å². The first-order chi connectivity index (χ1) is 10.0. The topological polar surface area (TPSA) is 41.5 Å². The zero-order valence-corrected chi connectivity index (χ0v) is 11.0. The van der Waals surface area contributed by atoms with Crippen LogP contribution in [0.3, 0.4) is 0 Å². The fourth-order valence-electron chi connectivity index (χ4n) is 1.64. The molecule has 0 radical (unpaired) electrons. The number of halogens is 3. The monoisotopic (exact) mass is 297 g/mol. The standard InChI is InChI=1S/C15H14F3NO2/c16-10-1-4-13(5-2-10)21-9-12(20)8-19-15-6-3-11(17)7-14(15)18/h1-7,12,19-20H,8-9H2. The van der Waals surface area contributed by atoms with Gasteiger partial charge in [0.25, 0.3) is 0 Å². The molecule has 0 saturated carbocycles. The van der Waals surface area contributed by atoms with Crippen LogP contribution in [0.25, 0.3) is 0 Å². The Hall–Kier alpha value is -2.21. The molecule has 21 heavy (non-hydrogen) atoms. The van der Waals surface area contributed by atoms with Crippen molar-refractivity contribution in [3.63, 3.8) is 0 Å². The van der Waals surface area contributed by atoms with Gasteiger partial charge < -0.3 is 15.2 Å². The SMILES string of the molecule is OC(CNc1ccc(F)cc1F)COc1ccc(F)cc1. The van der Waals surface area contributed by atoms with Crippen LogP contribution in [-0.4, -0.2) is 24.4 Å². The lowest BCUT2D eigenvalue weighted by Crippen LogP contribution is -2.26. The number of benzene rings is 2. The highest BCUT2D eigenvalue weighted by molar-refractivity contribution is 5.44. The quantitative estimate of drug-likeness (QED) is 0.861. The van der Waals surface area contributed by atoms with E-state index in [0.717, 1.165) is 12.1 Å². The number of hydrogen-bond acceptors (Lipinski definition) is 3. The Labute approximate surface area is 120 Å². The van der Waals surface area contributed by atoms with Crippen molar-refractivity contribution in [3.8, 4) is 5.75 Å². The fraction of sp³-hybridized carbons (Fsp3) is 0.200. The van der Waals surface area contributed by atoms with E-state index in [1.165, 1.54) is 30.3 Å². The number of anilines is 1. The van der Waals surface area contributed by atoms with Crippen LogP contribution in [0.2, 0.25) is 0 Å². The molecule has 1 atom stereocenters. The Kier molecular flexibility index (Phi) is 5.05. The first kappa shape index (κ1) is 15.2. The van der Waals surface area contributed by atoms with Crippen LogP contribution >= 0.6 is 0 Å². The van der Waals surface area contributed by atoms with Crippen molar-refractivity contribution >= 4 is 5.69 Å². The van der Waals surface area contributed by atoms with Gasteiger partial charge in [-0.15, -0.1) is 0 Å². The molecule has 0 bridgehead atoms. The summed E-state index contributed by atoms with van der Waals surface area (Å²) in [5.74, 6) is -1.36. The molecule has 0 spiro atoms. The average molecular weight is 297 g/mol. The van der Waals surface area contributed by atoms with Crippen LogP contribution < -0.4 is 10.1 Å². The van der Waals surface area contributed by atoms with E-state index in [-0.39, 0.29) is 24.7 Å². The van der Waals surface area contributed by atoms with E-state index in [0.29, 0.717) is 5.75 Å². The van der Waals surface area contributed by atoms with Crippen LogP contribution in [0, 0.1) is 17.5 Å². The molecule has 2 rings (SSSR count). The summed E-state index contributed by atoms with van der Waals surface area (Å²) < 4.78 is 44.0. The molecule has 0 fully saturated rings. The molecule has 2 N–H and O–H groups in total. The molecule has 0 aliphatic rings. The summed E-state index contributed by atoms with van der Waals surface area (Å²) in [6, 6.07) is 8.49. The summed E-state index contributed by atoms with van der Waals surface area (Å²) in [4.78, 5) is 0. The second kappa shape index (κ2) is 6.99. The molecule has 0 aromatic heterocycles. The number of aliphatic hydroxyl groups is 1. The Morgan fingerprint density at radius 2 is 1.67 bits per heavy atom. The summed E-state index contributed by atoms with van der Waals surface area (Å²) in [5, 5.41) is 12.4. The van der Waals surface area contributed by atoms with Gasteiger partial charge in [0.05, 0.1) is 5.69 Å². The maximum Gasteiger partial charge on any atom is 0.149 e. The lowest BCUT2D eigenvalue weighted by atomic mass is 10.2. The molecule has 112 valence electrons. The fourth-order valence-corrected chi connectivity index (χ4v) is 1.64. The molecule has 0 saturated heterocycles. The van der Waals surface area contributed by atoms with Gasteiger partial charge >= 0.3 is 0 Å². The smallest absolute Gasteiger partial charge is 0.149 e. The predicted octanol–water partition coefficient (Wildman–Crippen LogP) is 2.96. The second-order valence-corrected chi connectivity index (χ2v) is 4.42. The number of rotatable bonds is 6. The Morgan fingerprint density at radius 3 is 2.33 bits per heavy atom. The van der Waals surface area contributed by atoms with Crippen LogP contribution in [0.1, 0.15) is 0 Å². The minimum absolute atomic E-state index is 0.0315. The van der Waals surface area contributed by atoms with E-state index < -0.39 is 17.7 Å². The van der Waals surface area contributed by atoms with Crippen molar-refractivity contribution in [2.45, 2.75) is 6.10 Å². The van der Waals surface area contributed by atoms with Crippen molar-refractivity contribution in [1.29, 1.82) is 0 Å². The van der Waals surface area contributed by atoms with Gasteiger partial charge in [0.1, 0.15) is 35.9 Å². The third-order valence-electron chi connectivity index (χ3n) is 2.72. The number of aliphatic hydroxyl groups excluding tert-OH is 1. The van der Waals surface area contributed by atoms with Gasteiger partial charge in [0.15, 0.2) is 0 Å². The van der Waals surface area contributed by atoms with E-state index >= 15 is 0 Å². The normalized spacial score (nSPS) is 12.0. The van der Waals surface area contributed by atoms with Crippen LogP contribution in [0.4, 0.5) is 18.9 Å². The van der Waals surface area contributed by atoms with Crippen molar-refractivity contribution in [2.24, 2.45) is 0 Å². The second-order valence-electron chi connectivity index (χ2n) is 4.42. The van der Waals surface area contributed by atoms with Crippen molar-refractivity contribution in [3.05, 3.63) is 59.9 Å². The van der Waals surface area contributed by atoms with Crippen LogP contribution in [0.5, 0.6) is 5.75 Å². The number of ether oxygens (including phenoxy) is 1. The molecule has 2 aromatic rings. The summed E-state index contributed by atoms with van der Waals surface area (Å²) >= 11 is 0. The summed E-state index contributed by atoms with van der Waals surface area (Å²) in [6.07, 6.45) is -0.903. The van der Waals surface area contributed by atoms with Gasteiger partial charge in [-0.25, -0.2) is 13.2 Å². The molecule has 0 amide bonds. The first-order valence-electron chi connectivity index (χ1n) is 6.30. The first-order valence-corrected chi connectivity index (χ1v) is 6.30. The van der Waals surface area contributed by atoms with E-state index in [4.69, 9.17) is 4.74 Å². The molecule has 2 aromatic carbocycles. The zero-order chi connectivity index (χ0) is 15.2. The molecular formula is C15H14F3NO2. The van der Waals surface area contributed by atoms with E-state index in [9.17, 15) is 18.3 Å². The van der Waals surface area contributed by atoms with Gasteiger partial charge in [-0.3, -0.25) is 0 Å². The third kappa shape index (κ3) is 4.68. The van der Waals surface area contributed by atoms with Gasteiger partial charge in [0.2, 0.25) is 0 Å². The molecule has 3 nitrogen and oxygen atoms in total. The minimum Gasteiger partial charge on any atom is -0.491 e. The maximum atomic E-state index is 13.3. The lowest BCUT2D eigenvalue weighted by molar-refractivity contribution is 0.117. The molecule has 1 unspecified atom stereocenters. The lowest BCUT2D eigenvalue weighted by Gasteiger charge is -2.14. The van der Waals surface area contributed by atoms with E-state index in [1.54, 1.807) is 0 Å². The highest BCUT2D eigenvalue weighted by Crippen LogP contribution is 2.15. The number of nitrogens with one attached hydrogen (secondary N) is 1. The average Bonchev–Trinajstić information content (AvgIpc) is 2.46. The summed E-state index contributed by atoms with van der Waals surface area (Å²) in [7, 11) is 0. The van der Waals surface area contributed by atoms with Crippen molar-refractivity contribution < 1.29 is 23.0 Å². The molecule has 0 aliphatic heterocycles. The van der Waals surface area contributed by atoms with Gasteiger partial charge in [-0.1, -0.05) is 0 Å². The van der Waals surface area contributed by atoms with Crippen LogP contribution in [0.15, 0.2) is 42.5 Å².